The van der Waals surface area contributed by atoms with Crippen molar-refractivity contribution in [1.82, 2.24) is 5.43 Å². The van der Waals surface area contributed by atoms with Crippen LogP contribution in [0.2, 0.25) is 0 Å². The number of hydrogen-bond acceptors (Lipinski definition) is 3. The molecule has 1 aromatic heterocycles. The maximum atomic E-state index is 11.7. The first-order valence-corrected chi connectivity index (χ1v) is 6.30. The molecule has 20 heavy (non-hydrogen) atoms. The highest BCUT2D eigenvalue weighted by Crippen LogP contribution is 2.14. The van der Waals surface area contributed by atoms with Crippen molar-refractivity contribution in [2.24, 2.45) is 5.10 Å². The minimum Gasteiger partial charge on any atom is -0.466 e. The molecule has 2 amide bonds. The second kappa shape index (κ2) is 6.06. The molecule has 0 unspecified atom stereocenters. The Labute approximate surface area is 117 Å². The molecule has 0 aliphatic carbocycles. The van der Waals surface area contributed by atoms with Gasteiger partial charge in [0.1, 0.15) is 11.5 Å². The van der Waals surface area contributed by atoms with Crippen LogP contribution in [-0.4, -0.2) is 11.7 Å². The molecule has 5 heteroatoms. The van der Waals surface area contributed by atoms with Crippen molar-refractivity contribution in [1.29, 1.82) is 0 Å². The lowest BCUT2D eigenvalue weighted by atomic mass is 10.2. The van der Waals surface area contributed by atoms with E-state index in [2.05, 4.69) is 15.8 Å². The zero-order valence-corrected chi connectivity index (χ0v) is 11.7. The van der Waals surface area contributed by atoms with Gasteiger partial charge in [-0.25, -0.2) is 10.2 Å². The Bertz CT molecular complexity index is 630. The summed E-state index contributed by atoms with van der Waals surface area (Å²) < 4.78 is 5.43. The number of hydrogen-bond donors (Lipinski definition) is 2. The Hall–Kier alpha value is -2.56. The maximum Gasteiger partial charge on any atom is 0.339 e. The van der Waals surface area contributed by atoms with E-state index in [9.17, 15) is 4.79 Å². The van der Waals surface area contributed by atoms with Crippen molar-refractivity contribution in [2.75, 3.05) is 5.32 Å². The number of benzene rings is 1. The number of carbonyl (C=O) groups is 1. The van der Waals surface area contributed by atoms with E-state index in [0.29, 0.717) is 11.4 Å². The molecule has 1 heterocycles. The van der Waals surface area contributed by atoms with E-state index >= 15 is 0 Å². The van der Waals surface area contributed by atoms with Gasteiger partial charge in [-0.15, -0.1) is 0 Å². The first kappa shape index (κ1) is 13.9. The molecular weight excluding hydrogens is 254 g/mol. The molecule has 2 N–H and O–H groups in total. The summed E-state index contributed by atoms with van der Waals surface area (Å²) in [5.74, 6) is 1.61. The minimum atomic E-state index is -0.381. The molecule has 104 valence electrons. The SMILES string of the molecule is C/C(=N/NC(=O)Nc1ccccc1)c1cc(C)oc1C. The Morgan fingerprint density at radius 1 is 1.20 bits per heavy atom. The Balaban J connectivity index is 1.98. The number of aryl methyl sites for hydroxylation is 2. The molecule has 2 rings (SSSR count). The number of anilines is 1. The van der Waals surface area contributed by atoms with Gasteiger partial charge in [-0.05, 0) is 39.0 Å². The highest BCUT2D eigenvalue weighted by molar-refractivity contribution is 6.00. The fraction of sp³-hybridized carbons (Fsp3) is 0.200. The van der Waals surface area contributed by atoms with Crippen LogP contribution in [0.15, 0.2) is 45.9 Å². The summed E-state index contributed by atoms with van der Waals surface area (Å²) in [4.78, 5) is 11.7. The number of furan rings is 1. The quantitative estimate of drug-likeness (QED) is 0.663. The topological polar surface area (TPSA) is 66.6 Å². The highest BCUT2D eigenvalue weighted by Gasteiger charge is 2.08. The molecule has 1 aromatic carbocycles. The van der Waals surface area contributed by atoms with Crippen molar-refractivity contribution in [2.45, 2.75) is 20.8 Å². The van der Waals surface area contributed by atoms with Crippen LogP contribution in [0.1, 0.15) is 24.0 Å². The van der Waals surface area contributed by atoms with Gasteiger partial charge in [0, 0.05) is 11.3 Å². The number of rotatable bonds is 3. The standard InChI is InChI=1S/C15H17N3O2/c1-10-9-14(12(3)20-10)11(2)17-18-15(19)16-13-7-5-4-6-8-13/h4-9H,1-3H3,(H2,16,18,19)/b17-11-. The predicted molar refractivity (Wildman–Crippen MR) is 79.0 cm³/mol. The van der Waals surface area contributed by atoms with E-state index in [4.69, 9.17) is 4.42 Å². The van der Waals surface area contributed by atoms with Gasteiger partial charge in [-0.1, -0.05) is 18.2 Å². The number of para-hydroxylation sites is 1. The largest absolute Gasteiger partial charge is 0.466 e. The second-order valence-corrected chi connectivity index (χ2v) is 4.46. The molecule has 0 atom stereocenters. The molecule has 0 aliphatic rings. The summed E-state index contributed by atoms with van der Waals surface area (Å²) in [7, 11) is 0. The van der Waals surface area contributed by atoms with E-state index in [1.807, 2.05) is 45.0 Å². The summed E-state index contributed by atoms with van der Waals surface area (Å²) >= 11 is 0. The summed E-state index contributed by atoms with van der Waals surface area (Å²) in [5.41, 5.74) is 4.77. The van der Waals surface area contributed by atoms with Crippen molar-refractivity contribution in [3.05, 3.63) is 53.5 Å². The molecule has 5 nitrogen and oxygen atoms in total. The lowest BCUT2D eigenvalue weighted by Gasteiger charge is -2.04. The summed E-state index contributed by atoms with van der Waals surface area (Å²) in [6.07, 6.45) is 0. The first-order chi connectivity index (χ1) is 9.56. The minimum absolute atomic E-state index is 0.381. The van der Waals surface area contributed by atoms with Gasteiger partial charge in [-0.3, -0.25) is 0 Å². The zero-order chi connectivity index (χ0) is 14.5. The van der Waals surface area contributed by atoms with Crippen LogP contribution < -0.4 is 10.7 Å². The van der Waals surface area contributed by atoms with Crippen LogP contribution in [0.3, 0.4) is 0 Å². The molecule has 0 radical (unpaired) electrons. The van der Waals surface area contributed by atoms with Crippen LogP contribution in [0.25, 0.3) is 0 Å². The van der Waals surface area contributed by atoms with E-state index in [1.165, 1.54) is 0 Å². The monoisotopic (exact) mass is 271 g/mol. The smallest absolute Gasteiger partial charge is 0.339 e. The highest BCUT2D eigenvalue weighted by atomic mass is 16.3. The van der Waals surface area contributed by atoms with Gasteiger partial charge in [0.15, 0.2) is 0 Å². The third kappa shape index (κ3) is 3.47. The fourth-order valence-corrected chi connectivity index (χ4v) is 1.87. The summed E-state index contributed by atoms with van der Waals surface area (Å²) in [6, 6.07) is 10.7. The molecule has 0 spiro atoms. The number of carbonyl (C=O) groups excluding carboxylic acids is 1. The number of nitrogens with one attached hydrogen (secondary N) is 2. The number of nitrogens with zero attached hydrogens (tertiary/aromatic N) is 1. The van der Waals surface area contributed by atoms with Gasteiger partial charge >= 0.3 is 6.03 Å². The normalized spacial score (nSPS) is 11.2. The van der Waals surface area contributed by atoms with Crippen molar-refractivity contribution in [3.63, 3.8) is 0 Å². The second-order valence-electron chi connectivity index (χ2n) is 4.46. The molecular formula is C15H17N3O2. The van der Waals surface area contributed by atoms with E-state index in [0.717, 1.165) is 17.1 Å². The molecule has 0 fully saturated rings. The average molecular weight is 271 g/mol. The summed E-state index contributed by atoms with van der Waals surface area (Å²) in [6.45, 7) is 5.56. The van der Waals surface area contributed by atoms with Crippen molar-refractivity contribution in [3.8, 4) is 0 Å². The van der Waals surface area contributed by atoms with E-state index < -0.39 is 0 Å². The van der Waals surface area contributed by atoms with Crippen molar-refractivity contribution < 1.29 is 9.21 Å². The molecule has 0 bridgehead atoms. The zero-order valence-electron chi connectivity index (χ0n) is 11.7. The van der Waals surface area contributed by atoms with E-state index in [-0.39, 0.29) is 6.03 Å². The van der Waals surface area contributed by atoms with Gasteiger partial charge in [0.2, 0.25) is 0 Å². The van der Waals surface area contributed by atoms with Gasteiger partial charge in [-0.2, -0.15) is 5.10 Å². The summed E-state index contributed by atoms with van der Waals surface area (Å²) in [5, 5.41) is 6.75. The number of urea groups is 1. The lowest BCUT2D eigenvalue weighted by Crippen LogP contribution is -2.25. The molecule has 2 aromatic rings. The third-order valence-corrected chi connectivity index (χ3v) is 2.79. The Morgan fingerprint density at radius 3 is 2.50 bits per heavy atom. The average Bonchev–Trinajstić information content (AvgIpc) is 2.76. The van der Waals surface area contributed by atoms with E-state index in [1.54, 1.807) is 12.1 Å². The van der Waals surface area contributed by atoms with Crippen LogP contribution in [0.4, 0.5) is 10.5 Å². The van der Waals surface area contributed by atoms with Gasteiger partial charge in [0.05, 0.1) is 5.71 Å². The fourth-order valence-electron chi connectivity index (χ4n) is 1.87. The predicted octanol–water partition coefficient (Wildman–Crippen LogP) is 3.44. The van der Waals surface area contributed by atoms with Gasteiger partial charge < -0.3 is 9.73 Å². The Kier molecular flexibility index (Phi) is 4.20. The number of amides is 2. The van der Waals surface area contributed by atoms with Crippen molar-refractivity contribution >= 4 is 17.4 Å². The van der Waals surface area contributed by atoms with Gasteiger partial charge in [0.25, 0.3) is 0 Å². The molecule has 0 saturated heterocycles. The van der Waals surface area contributed by atoms with Crippen LogP contribution in [0.5, 0.6) is 0 Å². The number of hydrazone groups is 1. The van der Waals surface area contributed by atoms with Crippen LogP contribution >= 0.6 is 0 Å². The third-order valence-electron chi connectivity index (χ3n) is 2.79. The van der Waals surface area contributed by atoms with Crippen LogP contribution in [-0.2, 0) is 0 Å². The molecule has 0 aliphatic heterocycles. The van der Waals surface area contributed by atoms with Crippen LogP contribution in [0, 0.1) is 13.8 Å². The molecule has 0 saturated carbocycles. The first-order valence-electron chi connectivity index (χ1n) is 6.30. The lowest BCUT2D eigenvalue weighted by molar-refractivity contribution is 0.252. The Morgan fingerprint density at radius 2 is 1.90 bits per heavy atom. The maximum absolute atomic E-state index is 11.7.